The van der Waals surface area contributed by atoms with Crippen molar-refractivity contribution in [3.8, 4) is 0 Å². The van der Waals surface area contributed by atoms with Crippen LogP contribution in [0.3, 0.4) is 0 Å². The predicted molar refractivity (Wildman–Crippen MR) is 101 cm³/mol. The van der Waals surface area contributed by atoms with Gasteiger partial charge < -0.3 is 9.64 Å². The van der Waals surface area contributed by atoms with E-state index < -0.39 is 0 Å². The molecule has 0 heterocycles. The Bertz CT molecular complexity index is 724. The van der Waals surface area contributed by atoms with Crippen LogP contribution in [0.15, 0.2) is 46.2 Å². The molecule has 0 aliphatic heterocycles. The molecule has 2 aromatic rings. The van der Waals surface area contributed by atoms with Crippen LogP contribution in [0.4, 0.5) is 9.59 Å². The SMILES string of the molecule is CCOC(=O)Sc1cccc2cccc(SC(=O)N(CC)CC)c12. The highest BCUT2D eigenvalue weighted by Gasteiger charge is 2.16. The van der Waals surface area contributed by atoms with Gasteiger partial charge in [0.25, 0.3) is 5.24 Å². The fourth-order valence-corrected chi connectivity index (χ4v) is 4.27. The van der Waals surface area contributed by atoms with Gasteiger partial charge in [-0.25, -0.2) is 4.79 Å². The van der Waals surface area contributed by atoms with E-state index in [0.29, 0.717) is 19.7 Å². The number of ether oxygens (including phenoxy) is 1. The molecule has 0 bridgehead atoms. The van der Waals surface area contributed by atoms with Crippen LogP contribution < -0.4 is 0 Å². The van der Waals surface area contributed by atoms with E-state index in [1.54, 1.807) is 11.8 Å². The molecule has 2 rings (SSSR count). The molecule has 0 N–H and O–H groups in total. The third-order valence-corrected chi connectivity index (χ3v) is 5.34. The van der Waals surface area contributed by atoms with Crippen molar-refractivity contribution in [3.63, 3.8) is 0 Å². The van der Waals surface area contributed by atoms with E-state index >= 15 is 0 Å². The number of hydrogen-bond donors (Lipinski definition) is 0. The standard InChI is InChI=1S/C18H21NO3S2/c1-4-19(5-2)17(20)23-14-11-7-9-13-10-8-12-15(16(13)14)24-18(21)22-6-3/h7-12H,4-6H2,1-3H3. The van der Waals surface area contributed by atoms with Crippen molar-refractivity contribution in [2.75, 3.05) is 19.7 Å². The monoisotopic (exact) mass is 363 g/mol. The Labute approximate surface area is 150 Å². The zero-order valence-electron chi connectivity index (χ0n) is 14.1. The van der Waals surface area contributed by atoms with E-state index in [1.807, 2.05) is 50.2 Å². The fraction of sp³-hybridized carbons (Fsp3) is 0.333. The average molecular weight is 364 g/mol. The van der Waals surface area contributed by atoms with E-state index in [4.69, 9.17) is 4.74 Å². The second-order valence-corrected chi connectivity index (χ2v) is 6.91. The summed E-state index contributed by atoms with van der Waals surface area (Å²) in [7, 11) is 0. The average Bonchev–Trinajstić information content (AvgIpc) is 2.56. The molecule has 0 atom stereocenters. The highest BCUT2D eigenvalue weighted by molar-refractivity contribution is 8.14. The van der Waals surface area contributed by atoms with Gasteiger partial charge in [0, 0.05) is 28.3 Å². The van der Waals surface area contributed by atoms with Crippen molar-refractivity contribution in [1.29, 1.82) is 0 Å². The molecule has 6 heteroatoms. The van der Waals surface area contributed by atoms with Gasteiger partial charge in [-0.15, -0.1) is 0 Å². The molecular formula is C18H21NO3S2. The second-order valence-electron chi connectivity index (χ2n) is 4.94. The van der Waals surface area contributed by atoms with Gasteiger partial charge in [0.2, 0.25) is 0 Å². The number of fused-ring (bicyclic) bond motifs is 1. The number of carbonyl (C=O) groups is 2. The lowest BCUT2D eigenvalue weighted by molar-refractivity contribution is 0.181. The summed E-state index contributed by atoms with van der Waals surface area (Å²) in [4.78, 5) is 27.7. The Balaban J connectivity index is 2.39. The first-order chi connectivity index (χ1) is 11.6. The fourth-order valence-electron chi connectivity index (χ4n) is 2.32. The quantitative estimate of drug-likeness (QED) is 0.508. The molecule has 0 aliphatic carbocycles. The van der Waals surface area contributed by atoms with Crippen molar-refractivity contribution in [3.05, 3.63) is 36.4 Å². The van der Waals surface area contributed by atoms with Crippen LogP contribution >= 0.6 is 23.5 Å². The number of thioether (sulfide) groups is 2. The maximum Gasteiger partial charge on any atom is 0.372 e. The predicted octanol–water partition coefficient (Wildman–Crippen LogP) is 5.64. The second kappa shape index (κ2) is 8.99. The lowest BCUT2D eigenvalue weighted by Gasteiger charge is -2.18. The summed E-state index contributed by atoms with van der Waals surface area (Å²) in [6.45, 7) is 7.42. The third kappa shape index (κ3) is 4.45. The Morgan fingerprint density at radius 2 is 1.54 bits per heavy atom. The summed E-state index contributed by atoms with van der Waals surface area (Å²) in [6.07, 6.45) is 0. The van der Waals surface area contributed by atoms with Crippen LogP contribution in [-0.4, -0.2) is 35.1 Å². The Morgan fingerprint density at radius 3 is 2.08 bits per heavy atom. The van der Waals surface area contributed by atoms with E-state index in [0.717, 1.165) is 32.3 Å². The Hall–Kier alpha value is -1.66. The molecule has 24 heavy (non-hydrogen) atoms. The molecule has 0 aliphatic rings. The van der Waals surface area contributed by atoms with Crippen LogP contribution in [-0.2, 0) is 4.74 Å². The van der Waals surface area contributed by atoms with Gasteiger partial charge in [0.15, 0.2) is 0 Å². The molecule has 128 valence electrons. The molecule has 2 aromatic carbocycles. The molecule has 0 aromatic heterocycles. The van der Waals surface area contributed by atoms with Crippen LogP contribution in [0, 0.1) is 0 Å². The molecule has 0 saturated carbocycles. The zero-order chi connectivity index (χ0) is 17.5. The van der Waals surface area contributed by atoms with Crippen LogP contribution in [0.2, 0.25) is 0 Å². The van der Waals surface area contributed by atoms with Gasteiger partial charge in [-0.1, -0.05) is 24.3 Å². The molecule has 1 amide bonds. The summed E-state index contributed by atoms with van der Waals surface area (Å²) < 4.78 is 5.03. The number of nitrogens with zero attached hydrogens (tertiary/aromatic N) is 1. The van der Waals surface area contributed by atoms with Gasteiger partial charge in [-0.3, -0.25) is 4.79 Å². The number of carbonyl (C=O) groups excluding carboxylic acids is 2. The van der Waals surface area contributed by atoms with Crippen LogP contribution in [0.5, 0.6) is 0 Å². The van der Waals surface area contributed by atoms with Crippen molar-refractivity contribution in [1.82, 2.24) is 4.90 Å². The molecule has 0 spiro atoms. The molecule has 0 saturated heterocycles. The summed E-state index contributed by atoms with van der Waals surface area (Å²) >= 11 is 2.27. The largest absolute Gasteiger partial charge is 0.458 e. The summed E-state index contributed by atoms with van der Waals surface area (Å²) in [5, 5.41) is 1.61. The normalized spacial score (nSPS) is 10.6. The highest BCUT2D eigenvalue weighted by Crippen LogP contribution is 2.37. The Kier molecular flexibility index (Phi) is 6.99. The smallest absolute Gasteiger partial charge is 0.372 e. The van der Waals surface area contributed by atoms with Crippen molar-refractivity contribution in [2.24, 2.45) is 0 Å². The van der Waals surface area contributed by atoms with E-state index in [-0.39, 0.29) is 10.5 Å². The van der Waals surface area contributed by atoms with E-state index in [1.165, 1.54) is 11.8 Å². The number of rotatable bonds is 5. The molecule has 0 fully saturated rings. The Morgan fingerprint density at radius 1 is 0.958 bits per heavy atom. The third-order valence-electron chi connectivity index (χ3n) is 3.50. The minimum atomic E-state index is -0.333. The van der Waals surface area contributed by atoms with Crippen LogP contribution in [0.1, 0.15) is 20.8 Å². The van der Waals surface area contributed by atoms with Gasteiger partial charge in [-0.2, -0.15) is 0 Å². The molecular weight excluding hydrogens is 342 g/mol. The van der Waals surface area contributed by atoms with E-state index in [2.05, 4.69) is 0 Å². The number of hydrogen-bond acceptors (Lipinski definition) is 5. The van der Waals surface area contributed by atoms with Crippen LogP contribution in [0.25, 0.3) is 10.8 Å². The summed E-state index contributed by atoms with van der Waals surface area (Å²) in [6, 6.07) is 11.6. The number of amides is 1. The van der Waals surface area contributed by atoms with Crippen molar-refractivity contribution < 1.29 is 14.3 Å². The minimum Gasteiger partial charge on any atom is -0.458 e. The first-order valence-corrected chi connectivity index (χ1v) is 9.57. The van der Waals surface area contributed by atoms with Crippen molar-refractivity contribution in [2.45, 2.75) is 30.6 Å². The van der Waals surface area contributed by atoms with Gasteiger partial charge in [0.05, 0.1) is 6.61 Å². The zero-order valence-corrected chi connectivity index (χ0v) is 15.7. The minimum absolute atomic E-state index is 0.0171. The molecule has 0 radical (unpaired) electrons. The van der Waals surface area contributed by atoms with Gasteiger partial charge in [-0.05, 0) is 61.8 Å². The highest BCUT2D eigenvalue weighted by atomic mass is 32.2. The maximum atomic E-state index is 12.4. The van der Waals surface area contributed by atoms with Gasteiger partial charge in [0.1, 0.15) is 0 Å². The first kappa shape index (κ1) is 18.7. The lowest BCUT2D eigenvalue weighted by atomic mass is 10.1. The number of benzene rings is 2. The molecule has 4 nitrogen and oxygen atoms in total. The maximum absolute atomic E-state index is 12.4. The summed E-state index contributed by atoms with van der Waals surface area (Å²) in [5.41, 5.74) is 0. The summed E-state index contributed by atoms with van der Waals surface area (Å²) in [5.74, 6) is 0. The van der Waals surface area contributed by atoms with Crippen molar-refractivity contribution >= 4 is 44.8 Å². The van der Waals surface area contributed by atoms with Gasteiger partial charge >= 0.3 is 5.30 Å². The molecule has 0 unspecified atom stereocenters. The first-order valence-electron chi connectivity index (χ1n) is 7.93. The topological polar surface area (TPSA) is 46.6 Å². The lowest BCUT2D eigenvalue weighted by Crippen LogP contribution is -2.26. The van der Waals surface area contributed by atoms with E-state index in [9.17, 15) is 9.59 Å².